The first-order valence-electron chi connectivity index (χ1n) is 4.08. The summed E-state index contributed by atoms with van der Waals surface area (Å²) in [6.07, 6.45) is -0.852. The van der Waals surface area contributed by atoms with Crippen LogP contribution in [0.4, 0.5) is 0 Å². The molecule has 0 N–H and O–H groups in total. The predicted molar refractivity (Wildman–Crippen MR) is 48.2 cm³/mol. The molecule has 0 saturated carbocycles. The van der Waals surface area contributed by atoms with E-state index in [-0.39, 0.29) is 70.6 Å². The van der Waals surface area contributed by atoms with E-state index in [4.69, 9.17) is 0 Å². The molecule has 0 heterocycles. The van der Waals surface area contributed by atoms with Gasteiger partial charge in [-0.05, 0) is 17.9 Å². The topological polar surface area (TPSA) is 80.3 Å². The molecule has 7 heteroatoms. The van der Waals surface area contributed by atoms with E-state index in [2.05, 4.69) is 0 Å². The molecule has 0 aliphatic carbocycles. The van der Waals surface area contributed by atoms with Crippen LogP contribution in [0, 0.1) is 0 Å². The molecule has 16 heavy (non-hydrogen) atoms. The fourth-order valence-corrected chi connectivity index (χ4v) is 2.38. The molecule has 0 fully saturated rings. The second-order valence-electron chi connectivity index (χ2n) is 2.85. The molecule has 4 nitrogen and oxygen atoms in total. The Morgan fingerprint density at radius 3 is 2.12 bits per heavy atom. The van der Waals surface area contributed by atoms with Gasteiger partial charge in [0, 0.05) is 13.3 Å². The summed E-state index contributed by atoms with van der Waals surface area (Å²) in [7, 11) is -3.77. The number of rotatable bonds is 4. The number of hydrogen-bond donors (Lipinski definition) is 0. The normalized spacial score (nSPS) is 12.8. The van der Waals surface area contributed by atoms with E-state index in [9.17, 15) is 19.4 Å². The second kappa shape index (κ2) is 8.90. The first kappa shape index (κ1) is 19.2. The molecule has 0 saturated heterocycles. The Hall–Kier alpha value is 0.880. The van der Waals surface area contributed by atoms with Gasteiger partial charge in [-0.25, -0.2) is 0 Å². The van der Waals surface area contributed by atoms with E-state index in [0.29, 0.717) is 0 Å². The van der Waals surface area contributed by atoms with Crippen LogP contribution < -0.4 is 74.4 Å². The minimum Gasteiger partial charge on any atom is -0.796 e. The van der Waals surface area contributed by atoms with E-state index < -0.39 is 19.8 Å². The first-order chi connectivity index (χ1) is 6.52. The third-order valence-corrected chi connectivity index (χ3v) is 3.66. The van der Waals surface area contributed by atoms with Crippen LogP contribution in [0.15, 0.2) is 30.3 Å². The van der Waals surface area contributed by atoms with Gasteiger partial charge in [-0.2, -0.15) is 0 Å². The third kappa shape index (κ3) is 6.58. The van der Waals surface area contributed by atoms with Crippen molar-refractivity contribution in [1.29, 1.82) is 0 Å². The Morgan fingerprint density at radius 1 is 1.19 bits per heavy atom. The molecule has 0 aliphatic rings. The average Bonchev–Trinajstić information content (AvgIpc) is 2.16. The quantitative estimate of drug-likeness (QED) is 0.397. The van der Waals surface area contributed by atoms with Crippen LogP contribution in [0.5, 0.6) is 0 Å². The van der Waals surface area contributed by atoms with Gasteiger partial charge in [0.25, 0.3) is 0 Å². The summed E-state index contributed by atoms with van der Waals surface area (Å²) in [6, 6.07) is 7.78. The predicted octanol–water partition coefficient (Wildman–Crippen LogP) is -6.90. The Kier molecular flexibility index (Phi) is 10.7. The Bertz CT molecular complexity index is 369. The van der Waals surface area contributed by atoms with E-state index in [1.165, 1.54) is 12.1 Å². The summed E-state index contributed by atoms with van der Waals surface area (Å²) in [6.45, 7) is 0. The number of hydrogen-bond acceptors (Lipinski definition) is 4. The van der Waals surface area contributed by atoms with Gasteiger partial charge in [0.2, 0.25) is 0 Å². The van der Waals surface area contributed by atoms with Crippen molar-refractivity contribution in [1.82, 2.24) is 0 Å². The summed E-state index contributed by atoms with van der Waals surface area (Å²) in [4.78, 5) is 21.6. The summed E-state index contributed by atoms with van der Waals surface area (Å²) in [5, 5.41) is 10.3. The number of carboxylic acids is 1. The van der Waals surface area contributed by atoms with Crippen molar-refractivity contribution in [3.63, 3.8) is 0 Å². The van der Waals surface area contributed by atoms with Crippen LogP contribution in [-0.2, 0) is 9.36 Å². The molecule has 1 aromatic rings. The van der Waals surface area contributed by atoms with Crippen molar-refractivity contribution >= 4 is 18.6 Å². The maximum absolute atomic E-state index is 11.5. The first-order valence-corrected chi connectivity index (χ1v) is 5.89. The van der Waals surface area contributed by atoms with Gasteiger partial charge in [0.1, 0.15) is 0 Å². The fourth-order valence-electron chi connectivity index (χ4n) is 1.02. The largest absolute Gasteiger partial charge is 1.00 e. The molecule has 1 rings (SSSR count). The van der Waals surface area contributed by atoms with Crippen LogP contribution in [0.3, 0.4) is 0 Å². The van der Waals surface area contributed by atoms with E-state index in [1.54, 1.807) is 18.2 Å². The molecule has 0 aliphatic heterocycles. The molecule has 0 bridgehead atoms. The van der Waals surface area contributed by atoms with Gasteiger partial charge in [-0.1, -0.05) is 30.3 Å². The monoisotopic (exact) mass is 258 g/mol. The van der Waals surface area contributed by atoms with Gasteiger partial charge in [0.05, 0.1) is 0 Å². The molecule has 76 valence electrons. The maximum Gasteiger partial charge on any atom is 1.00 e. The zero-order valence-electron chi connectivity index (χ0n) is 9.38. The molecular formula is C9H9Na2O4P. The Morgan fingerprint density at radius 2 is 1.69 bits per heavy atom. The zero-order valence-corrected chi connectivity index (χ0v) is 14.3. The van der Waals surface area contributed by atoms with Crippen molar-refractivity contribution in [2.45, 2.75) is 6.42 Å². The minimum atomic E-state index is -3.77. The molecule has 0 spiro atoms. The van der Waals surface area contributed by atoms with Crippen molar-refractivity contribution in [3.05, 3.63) is 30.3 Å². The fraction of sp³-hybridized carbons (Fsp3) is 0.222. The van der Waals surface area contributed by atoms with Crippen molar-refractivity contribution in [2.24, 2.45) is 0 Å². The average molecular weight is 258 g/mol. The van der Waals surface area contributed by atoms with Crippen molar-refractivity contribution in [3.8, 4) is 0 Å². The molecule has 0 radical (unpaired) electrons. The van der Waals surface area contributed by atoms with Crippen LogP contribution in [0.25, 0.3) is 0 Å². The van der Waals surface area contributed by atoms with Crippen LogP contribution in [0.2, 0.25) is 0 Å². The number of carboxylic acid groups (broad SMARTS) is 1. The van der Waals surface area contributed by atoms with E-state index in [0.717, 1.165) is 0 Å². The molecular weight excluding hydrogens is 249 g/mol. The number of carbonyl (C=O) groups is 1. The standard InChI is InChI=1S/C9H11O4P.2Na/c10-9(11)6-7-14(12,13)8-4-2-1-3-5-8;;/h1-5H,6-7H2,(H,10,11)(H,12,13);;/q;2*+1/p-2. The van der Waals surface area contributed by atoms with E-state index >= 15 is 0 Å². The van der Waals surface area contributed by atoms with Crippen LogP contribution >= 0.6 is 7.37 Å². The summed E-state index contributed by atoms with van der Waals surface area (Å²) in [5.41, 5.74) is 0. The summed E-state index contributed by atoms with van der Waals surface area (Å²) < 4.78 is 11.5. The maximum atomic E-state index is 11.5. The number of benzene rings is 1. The number of carbonyl (C=O) groups excluding carboxylic acids is 1. The smallest absolute Gasteiger partial charge is 0.796 e. The zero-order chi connectivity index (χ0) is 10.6. The number of aliphatic carboxylic acids is 1. The van der Waals surface area contributed by atoms with E-state index in [1.807, 2.05) is 0 Å². The molecule has 1 aromatic carbocycles. The SMILES string of the molecule is O=C([O-])CCP(=O)([O-])c1ccccc1.[Na+].[Na+]. The van der Waals surface area contributed by atoms with Crippen molar-refractivity contribution < 1.29 is 78.5 Å². The Labute approximate surface area is 138 Å². The molecule has 0 amide bonds. The van der Waals surface area contributed by atoms with Gasteiger partial charge < -0.3 is 19.4 Å². The molecule has 1 atom stereocenters. The summed E-state index contributed by atoms with van der Waals surface area (Å²) in [5.74, 6) is -1.35. The summed E-state index contributed by atoms with van der Waals surface area (Å²) >= 11 is 0. The molecule has 1 unspecified atom stereocenters. The minimum absolute atomic E-state index is 0. The van der Waals surface area contributed by atoms with Crippen LogP contribution in [0.1, 0.15) is 6.42 Å². The third-order valence-electron chi connectivity index (χ3n) is 1.76. The van der Waals surface area contributed by atoms with Gasteiger partial charge in [-0.3, -0.25) is 0 Å². The molecule has 0 aromatic heterocycles. The van der Waals surface area contributed by atoms with Crippen LogP contribution in [-0.4, -0.2) is 12.1 Å². The van der Waals surface area contributed by atoms with Crippen molar-refractivity contribution in [2.75, 3.05) is 6.16 Å². The van der Waals surface area contributed by atoms with Gasteiger partial charge >= 0.3 is 59.1 Å². The van der Waals surface area contributed by atoms with Gasteiger partial charge in [0.15, 0.2) is 0 Å². The second-order valence-corrected chi connectivity index (χ2v) is 5.17. The van der Waals surface area contributed by atoms with Gasteiger partial charge in [-0.15, -0.1) is 0 Å². The Balaban J connectivity index is 0.